The fraction of sp³-hybridized carbons (Fsp3) is 0.632. The molecule has 6 nitrogen and oxygen atoms in total. The first-order valence-corrected chi connectivity index (χ1v) is 9.36. The highest BCUT2D eigenvalue weighted by molar-refractivity contribution is 5.92. The number of hydrogen-bond donors (Lipinski definition) is 2. The van der Waals surface area contributed by atoms with E-state index in [1.54, 1.807) is 0 Å². The summed E-state index contributed by atoms with van der Waals surface area (Å²) in [6.07, 6.45) is 1.83. The van der Waals surface area contributed by atoms with Gasteiger partial charge in [0.15, 0.2) is 0 Å². The number of piperidine rings is 1. The Balaban J connectivity index is 1.38. The van der Waals surface area contributed by atoms with E-state index in [2.05, 4.69) is 27.5 Å². The van der Waals surface area contributed by atoms with Gasteiger partial charge in [0.05, 0.1) is 0 Å². The molecule has 2 N–H and O–H groups in total. The van der Waals surface area contributed by atoms with Gasteiger partial charge in [-0.25, -0.2) is 0 Å². The third kappa shape index (κ3) is 5.70. The summed E-state index contributed by atoms with van der Waals surface area (Å²) < 4.78 is 5.84. The molecule has 1 aromatic carbocycles. The van der Waals surface area contributed by atoms with E-state index in [9.17, 15) is 4.79 Å². The molecule has 25 heavy (non-hydrogen) atoms. The third-order valence-electron chi connectivity index (χ3n) is 5.10. The maximum atomic E-state index is 12.2. The van der Waals surface area contributed by atoms with Crippen molar-refractivity contribution in [2.24, 2.45) is 5.92 Å². The Morgan fingerprint density at radius 3 is 2.52 bits per heavy atom. The van der Waals surface area contributed by atoms with Gasteiger partial charge >= 0.3 is 0 Å². The van der Waals surface area contributed by atoms with Gasteiger partial charge in [-0.2, -0.15) is 0 Å². The monoisotopic (exact) mass is 346 g/mol. The predicted molar refractivity (Wildman–Crippen MR) is 100 cm³/mol. The Morgan fingerprint density at radius 2 is 1.84 bits per heavy atom. The highest BCUT2D eigenvalue weighted by Gasteiger charge is 2.20. The quantitative estimate of drug-likeness (QED) is 0.812. The highest BCUT2D eigenvalue weighted by Crippen LogP contribution is 2.19. The number of nitrogens with zero attached hydrogens (tertiary/aromatic N) is 2. The van der Waals surface area contributed by atoms with E-state index in [-0.39, 0.29) is 11.8 Å². The van der Waals surface area contributed by atoms with Gasteiger partial charge in [-0.15, -0.1) is 0 Å². The molecule has 0 atom stereocenters. The van der Waals surface area contributed by atoms with Crippen LogP contribution in [0.25, 0.3) is 0 Å². The van der Waals surface area contributed by atoms with E-state index in [0.29, 0.717) is 6.61 Å². The van der Waals surface area contributed by atoms with E-state index >= 15 is 0 Å². The van der Waals surface area contributed by atoms with Crippen molar-refractivity contribution in [1.82, 2.24) is 15.1 Å². The number of carbonyl (C=O) groups excluding carboxylic acids is 1. The fourth-order valence-electron chi connectivity index (χ4n) is 3.33. The molecular weight excluding hydrogens is 316 g/mol. The molecule has 2 fully saturated rings. The molecule has 138 valence electrons. The molecule has 2 aliphatic rings. The third-order valence-corrected chi connectivity index (χ3v) is 5.10. The molecule has 2 heterocycles. The molecule has 0 bridgehead atoms. The first-order chi connectivity index (χ1) is 12.2. The lowest BCUT2D eigenvalue weighted by Gasteiger charge is -2.32. The standard InChI is InChI=1S/C19H30N4O2/c1-22-10-12-23(13-11-22)14-15-25-18-4-2-17(3-5-18)21-19(24)16-6-8-20-9-7-16/h2-5,16,20H,6-15H2,1H3,(H,21,24). The van der Waals surface area contributed by atoms with Crippen molar-refractivity contribution < 1.29 is 9.53 Å². The van der Waals surface area contributed by atoms with E-state index in [1.807, 2.05) is 24.3 Å². The van der Waals surface area contributed by atoms with Crippen LogP contribution < -0.4 is 15.4 Å². The first-order valence-electron chi connectivity index (χ1n) is 9.36. The minimum atomic E-state index is 0.126. The van der Waals surface area contributed by atoms with E-state index < -0.39 is 0 Å². The maximum Gasteiger partial charge on any atom is 0.227 e. The summed E-state index contributed by atoms with van der Waals surface area (Å²) in [5.41, 5.74) is 0.843. The van der Waals surface area contributed by atoms with Gasteiger partial charge in [-0.05, 0) is 57.2 Å². The van der Waals surface area contributed by atoms with Crippen LogP contribution >= 0.6 is 0 Å². The van der Waals surface area contributed by atoms with Crippen LogP contribution in [-0.4, -0.2) is 75.2 Å². The number of piperazine rings is 1. The minimum Gasteiger partial charge on any atom is -0.492 e. The van der Waals surface area contributed by atoms with Crippen molar-refractivity contribution in [1.29, 1.82) is 0 Å². The summed E-state index contributed by atoms with van der Waals surface area (Å²) in [6, 6.07) is 7.71. The van der Waals surface area contributed by atoms with Crippen LogP contribution in [-0.2, 0) is 4.79 Å². The number of ether oxygens (including phenoxy) is 1. The van der Waals surface area contributed by atoms with Crippen LogP contribution in [0.2, 0.25) is 0 Å². The molecule has 2 saturated heterocycles. The van der Waals surface area contributed by atoms with Gasteiger partial charge in [0, 0.05) is 44.3 Å². The Kier molecular flexibility index (Phi) is 6.67. The number of rotatable bonds is 6. The largest absolute Gasteiger partial charge is 0.492 e. The summed E-state index contributed by atoms with van der Waals surface area (Å²) in [4.78, 5) is 17.0. The smallest absolute Gasteiger partial charge is 0.227 e. The molecule has 6 heteroatoms. The second-order valence-corrected chi connectivity index (χ2v) is 7.03. The Labute approximate surface area is 150 Å². The van der Waals surface area contributed by atoms with Crippen molar-refractivity contribution in [3.63, 3.8) is 0 Å². The van der Waals surface area contributed by atoms with Crippen molar-refractivity contribution >= 4 is 11.6 Å². The van der Waals surface area contributed by atoms with Crippen LogP contribution in [0.1, 0.15) is 12.8 Å². The lowest BCUT2D eigenvalue weighted by atomic mass is 9.97. The minimum absolute atomic E-state index is 0.126. The molecule has 0 spiro atoms. The average Bonchev–Trinajstić information content (AvgIpc) is 2.65. The number of amides is 1. The van der Waals surface area contributed by atoms with Gasteiger partial charge in [-0.1, -0.05) is 0 Å². The molecule has 2 aliphatic heterocycles. The van der Waals surface area contributed by atoms with Crippen LogP contribution in [0, 0.1) is 5.92 Å². The molecular formula is C19H30N4O2. The molecule has 3 rings (SSSR count). The number of anilines is 1. The number of nitrogens with one attached hydrogen (secondary N) is 2. The summed E-state index contributed by atoms with van der Waals surface area (Å²) in [7, 11) is 2.17. The summed E-state index contributed by atoms with van der Waals surface area (Å²) in [5.74, 6) is 1.11. The fourth-order valence-corrected chi connectivity index (χ4v) is 3.33. The number of carbonyl (C=O) groups is 1. The van der Waals surface area contributed by atoms with Crippen LogP contribution in [0.5, 0.6) is 5.75 Å². The van der Waals surface area contributed by atoms with Gasteiger partial charge in [0.1, 0.15) is 12.4 Å². The van der Waals surface area contributed by atoms with Crippen LogP contribution in [0.4, 0.5) is 5.69 Å². The van der Waals surface area contributed by atoms with Crippen molar-refractivity contribution in [2.45, 2.75) is 12.8 Å². The SMILES string of the molecule is CN1CCN(CCOc2ccc(NC(=O)C3CCNCC3)cc2)CC1. The Bertz CT molecular complexity index is 535. The van der Waals surface area contributed by atoms with Crippen molar-refractivity contribution in [2.75, 3.05) is 64.8 Å². The van der Waals surface area contributed by atoms with Gasteiger partial charge in [0.2, 0.25) is 5.91 Å². The topological polar surface area (TPSA) is 56.8 Å². The average molecular weight is 346 g/mol. The molecule has 1 aromatic rings. The van der Waals surface area contributed by atoms with Gasteiger partial charge in [0.25, 0.3) is 0 Å². The molecule has 0 aromatic heterocycles. The van der Waals surface area contributed by atoms with Crippen LogP contribution in [0.15, 0.2) is 24.3 Å². The van der Waals surface area contributed by atoms with Gasteiger partial charge < -0.3 is 20.3 Å². The second-order valence-electron chi connectivity index (χ2n) is 7.03. The van der Waals surface area contributed by atoms with E-state index in [4.69, 9.17) is 4.74 Å². The normalized spacial score (nSPS) is 20.4. The molecule has 0 unspecified atom stereocenters. The number of likely N-dealkylation sites (N-methyl/N-ethyl adjacent to an activating group) is 1. The maximum absolute atomic E-state index is 12.2. The van der Waals surface area contributed by atoms with E-state index in [0.717, 1.165) is 70.1 Å². The zero-order valence-electron chi connectivity index (χ0n) is 15.2. The molecule has 1 amide bonds. The summed E-state index contributed by atoms with van der Waals surface area (Å²) in [5, 5.41) is 6.30. The zero-order valence-corrected chi connectivity index (χ0v) is 15.2. The number of hydrogen-bond acceptors (Lipinski definition) is 5. The lowest BCUT2D eigenvalue weighted by molar-refractivity contribution is -0.120. The number of benzene rings is 1. The molecule has 0 radical (unpaired) electrons. The second kappa shape index (κ2) is 9.17. The van der Waals surface area contributed by atoms with Crippen LogP contribution in [0.3, 0.4) is 0 Å². The Morgan fingerprint density at radius 1 is 1.16 bits per heavy atom. The molecule has 0 saturated carbocycles. The van der Waals surface area contributed by atoms with Crippen molar-refractivity contribution in [3.8, 4) is 5.75 Å². The lowest BCUT2D eigenvalue weighted by Crippen LogP contribution is -2.45. The van der Waals surface area contributed by atoms with Gasteiger partial charge in [-0.3, -0.25) is 9.69 Å². The Hall–Kier alpha value is -1.63. The summed E-state index contributed by atoms with van der Waals surface area (Å²) >= 11 is 0. The predicted octanol–water partition coefficient (Wildman–Crippen LogP) is 1.25. The molecule has 0 aliphatic carbocycles. The zero-order chi connectivity index (χ0) is 17.5. The first kappa shape index (κ1) is 18.2. The summed E-state index contributed by atoms with van der Waals surface area (Å²) in [6.45, 7) is 8.00. The van der Waals surface area contributed by atoms with E-state index in [1.165, 1.54) is 0 Å². The highest BCUT2D eigenvalue weighted by atomic mass is 16.5. The van der Waals surface area contributed by atoms with Crippen molar-refractivity contribution in [3.05, 3.63) is 24.3 Å².